The maximum Gasteiger partial charge on any atom is 0.278 e. The highest BCUT2D eigenvalue weighted by Gasteiger charge is 2.28. The SMILES string of the molecule is O=C(c1ncsc1-c1ccccc1)N1CCc2ccccc21. The van der Waals surface area contributed by atoms with Gasteiger partial charge in [0.05, 0.1) is 10.4 Å². The Morgan fingerprint density at radius 3 is 2.68 bits per heavy atom. The highest BCUT2D eigenvalue weighted by Crippen LogP contribution is 2.33. The van der Waals surface area contributed by atoms with Crippen LogP contribution in [0, 0.1) is 0 Å². The van der Waals surface area contributed by atoms with E-state index in [0.29, 0.717) is 5.69 Å². The van der Waals surface area contributed by atoms with Crippen LogP contribution in [0.25, 0.3) is 10.4 Å². The molecule has 1 amide bonds. The first-order chi connectivity index (χ1) is 10.8. The third-order valence-corrected chi connectivity index (χ3v) is 4.81. The molecule has 1 aliphatic rings. The van der Waals surface area contributed by atoms with Gasteiger partial charge < -0.3 is 4.90 Å². The molecule has 108 valence electrons. The summed E-state index contributed by atoms with van der Waals surface area (Å²) in [7, 11) is 0. The molecule has 0 N–H and O–H groups in total. The predicted octanol–water partition coefficient (Wildman–Crippen LogP) is 4.01. The summed E-state index contributed by atoms with van der Waals surface area (Å²) in [5.74, 6) is -0.00921. The summed E-state index contributed by atoms with van der Waals surface area (Å²) in [6.45, 7) is 0.726. The van der Waals surface area contributed by atoms with Crippen LogP contribution in [-0.2, 0) is 6.42 Å². The number of nitrogens with zero attached hydrogens (tertiary/aromatic N) is 2. The summed E-state index contributed by atoms with van der Waals surface area (Å²) < 4.78 is 0. The van der Waals surface area contributed by atoms with E-state index in [1.165, 1.54) is 16.9 Å². The maximum absolute atomic E-state index is 12.9. The summed E-state index contributed by atoms with van der Waals surface area (Å²) in [5, 5.41) is 0. The molecule has 0 spiro atoms. The van der Waals surface area contributed by atoms with Gasteiger partial charge in [-0.05, 0) is 23.6 Å². The van der Waals surface area contributed by atoms with Crippen molar-refractivity contribution in [2.45, 2.75) is 6.42 Å². The summed E-state index contributed by atoms with van der Waals surface area (Å²) in [5.41, 5.74) is 5.58. The molecule has 3 nitrogen and oxygen atoms in total. The summed E-state index contributed by atoms with van der Waals surface area (Å²) in [6.07, 6.45) is 0.909. The van der Waals surface area contributed by atoms with Crippen LogP contribution in [0.5, 0.6) is 0 Å². The van der Waals surface area contributed by atoms with Crippen LogP contribution in [0.1, 0.15) is 16.1 Å². The van der Waals surface area contributed by atoms with E-state index in [-0.39, 0.29) is 5.91 Å². The molecule has 0 bridgehead atoms. The molecule has 0 saturated heterocycles. The number of rotatable bonds is 2. The van der Waals surface area contributed by atoms with Gasteiger partial charge in [-0.1, -0.05) is 48.5 Å². The average Bonchev–Trinajstić information content (AvgIpc) is 3.22. The molecule has 0 unspecified atom stereocenters. The lowest BCUT2D eigenvalue weighted by Gasteiger charge is -2.16. The number of thiazole rings is 1. The molecular weight excluding hydrogens is 292 g/mol. The van der Waals surface area contributed by atoms with E-state index >= 15 is 0 Å². The lowest BCUT2D eigenvalue weighted by atomic mass is 10.1. The topological polar surface area (TPSA) is 33.2 Å². The fourth-order valence-electron chi connectivity index (χ4n) is 2.87. The Morgan fingerprint density at radius 1 is 1.05 bits per heavy atom. The van der Waals surface area contributed by atoms with Gasteiger partial charge in [0.15, 0.2) is 0 Å². The highest BCUT2D eigenvalue weighted by atomic mass is 32.1. The van der Waals surface area contributed by atoms with E-state index in [1.54, 1.807) is 5.51 Å². The first-order valence-corrected chi connectivity index (χ1v) is 8.11. The van der Waals surface area contributed by atoms with Gasteiger partial charge >= 0.3 is 0 Å². The zero-order valence-electron chi connectivity index (χ0n) is 11.9. The van der Waals surface area contributed by atoms with Crippen LogP contribution < -0.4 is 4.90 Å². The molecule has 4 heteroatoms. The Morgan fingerprint density at radius 2 is 1.82 bits per heavy atom. The van der Waals surface area contributed by atoms with Gasteiger partial charge in [-0.2, -0.15) is 0 Å². The number of anilines is 1. The Balaban J connectivity index is 1.73. The number of hydrogen-bond acceptors (Lipinski definition) is 3. The Kier molecular flexibility index (Phi) is 3.24. The molecule has 1 aliphatic heterocycles. The number of amides is 1. The van der Waals surface area contributed by atoms with Crippen molar-refractivity contribution in [2.24, 2.45) is 0 Å². The van der Waals surface area contributed by atoms with Crippen molar-refractivity contribution in [2.75, 3.05) is 11.4 Å². The molecule has 2 aromatic carbocycles. The number of benzene rings is 2. The Labute approximate surface area is 132 Å². The van der Waals surface area contributed by atoms with E-state index in [0.717, 1.165) is 29.1 Å². The molecule has 22 heavy (non-hydrogen) atoms. The van der Waals surface area contributed by atoms with Crippen molar-refractivity contribution in [1.29, 1.82) is 0 Å². The van der Waals surface area contributed by atoms with Gasteiger partial charge in [-0.3, -0.25) is 4.79 Å². The smallest absolute Gasteiger partial charge is 0.278 e. The number of carbonyl (C=O) groups is 1. The second-order valence-electron chi connectivity index (χ2n) is 5.23. The van der Waals surface area contributed by atoms with Crippen LogP contribution >= 0.6 is 11.3 Å². The fraction of sp³-hybridized carbons (Fsp3) is 0.111. The number of fused-ring (bicyclic) bond motifs is 1. The molecule has 0 fully saturated rings. The van der Waals surface area contributed by atoms with Crippen LogP contribution in [0.2, 0.25) is 0 Å². The number of para-hydroxylation sites is 1. The minimum Gasteiger partial charge on any atom is -0.306 e. The third kappa shape index (κ3) is 2.12. The van der Waals surface area contributed by atoms with Gasteiger partial charge in [0.2, 0.25) is 0 Å². The van der Waals surface area contributed by atoms with E-state index < -0.39 is 0 Å². The van der Waals surface area contributed by atoms with E-state index in [2.05, 4.69) is 11.1 Å². The second-order valence-corrected chi connectivity index (χ2v) is 6.09. The monoisotopic (exact) mass is 306 g/mol. The first kappa shape index (κ1) is 13.2. The van der Waals surface area contributed by atoms with Crippen molar-refractivity contribution in [3.05, 3.63) is 71.4 Å². The summed E-state index contributed by atoms with van der Waals surface area (Å²) in [4.78, 5) is 20.1. The predicted molar refractivity (Wildman–Crippen MR) is 89.4 cm³/mol. The van der Waals surface area contributed by atoms with E-state index in [9.17, 15) is 4.79 Å². The van der Waals surface area contributed by atoms with Crippen molar-refractivity contribution in [1.82, 2.24) is 4.98 Å². The fourth-order valence-corrected chi connectivity index (χ4v) is 3.66. The van der Waals surface area contributed by atoms with Gasteiger partial charge in [-0.15, -0.1) is 11.3 Å². The number of carbonyl (C=O) groups excluding carboxylic acids is 1. The van der Waals surface area contributed by atoms with Crippen molar-refractivity contribution < 1.29 is 4.79 Å². The zero-order valence-corrected chi connectivity index (χ0v) is 12.7. The molecule has 2 heterocycles. The van der Waals surface area contributed by atoms with Gasteiger partial charge in [-0.25, -0.2) is 4.98 Å². The molecule has 1 aromatic heterocycles. The van der Waals surface area contributed by atoms with Crippen LogP contribution in [0.4, 0.5) is 5.69 Å². The second kappa shape index (κ2) is 5.39. The van der Waals surface area contributed by atoms with Crippen LogP contribution in [0.15, 0.2) is 60.1 Å². The summed E-state index contributed by atoms with van der Waals surface area (Å²) >= 11 is 1.51. The number of aromatic nitrogens is 1. The largest absolute Gasteiger partial charge is 0.306 e. The van der Waals surface area contributed by atoms with Crippen molar-refractivity contribution in [3.8, 4) is 10.4 Å². The Hall–Kier alpha value is -2.46. The lowest BCUT2D eigenvalue weighted by Crippen LogP contribution is -2.29. The van der Waals surface area contributed by atoms with Crippen molar-refractivity contribution >= 4 is 22.9 Å². The van der Waals surface area contributed by atoms with Gasteiger partial charge in [0.25, 0.3) is 5.91 Å². The molecule has 0 atom stereocenters. The minimum atomic E-state index is -0.00921. The molecule has 3 aromatic rings. The molecule has 4 rings (SSSR count). The molecule has 0 aliphatic carbocycles. The van der Waals surface area contributed by atoms with Crippen LogP contribution in [0.3, 0.4) is 0 Å². The van der Waals surface area contributed by atoms with E-state index in [1.807, 2.05) is 53.4 Å². The maximum atomic E-state index is 12.9. The average molecular weight is 306 g/mol. The Bertz CT molecular complexity index is 826. The van der Waals surface area contributed by atoms with Gasteiger partial charge in [0, 0.05) is 12.2 Å². The minimum absolute atomic E-state index is 0.00921. The lowest BCUT2D eigenvalue weighted by molar-refractivity contribution is 0.0986. The quantitative estimate of drug-likeness (QED) is 0.716. The first-order valence-electron chi connectivity index (χ1n) is 7.23. The normalized spacial score (nSPS) is 13.2. The highest BCUT2D eigenvalue weighted by molar-refractivity contribution is 7.13. The van der Waals surface area contributed by atoms with Crippen LogP contribution in [-0.4, -0.2) is 17.4 Å². The molecular formula is C18H14N2OS. The molecule has 0 radical (unpaired) electrons. The molecule has 0 saturated carbocycles. The standard InChI is InChI=1S/C18H14N2OS/c21-18(20-11-10-13-6-4-5-9-15(13)20)16-17(22-12-19-16)14-7-2-1-3-8-14/h1-9,12H,10-11H2. The third-order valence-electron chi connectivity index (χ3n) is 3.94. The summed E-state index contributed by atoms with van der Waals surface area (Å²) in [6, 6.07) is 18.1. The number of hydrogen-bond donors (Lipinski definition) is 0. The van der Waals surface area contributed by atoms with Gasteiger partial charge in [0.1, 0.15) is 5.69 Å². The van der Waals surface area contributed by atoms with Crippen molar-refractivity contribution in [3.63, 3.8) is 0 Å². The zero-order chi connectivity index (χ0) is 14.9. The van der Waals surface area contributed by atoms with E-state index in [4.69, 9.17) is 0 Å².